The molecule has 0 saturated carbocycles. The molecule has 28 heavy (non-hydrogen) atoms. The monoisotopic (exact) mass is 386 g/mol. The maximum absolute atomic E-state index is 12.2. The van der Waals surface area contributed by atoms with Gasteiger partial charge in [-0.05, 0) is 55.0 Å². The summed E-state index contributed by atoms with van der Waals surface area (Å²) in [5, 5.41) is 0.986. The largest absolute Gasteiger partial charge is 0.449 e. The second-order valence-corrected chi connectivity index (χ2v) is 8.11. The lowest BCUT2D eigenvalue weighted by molar-refractivity contribution is 0.0930. The van der Waals surface area contributed by atoms with Gasteiger partial charge in [0.1, 0.15) is 5.58 Å². The molecule has 1 aromatic carbocycles. The molecule has 3 rings (SSSR count). The summed E-state index contributed by atoms with van der Waals surface area (Å²) in [4.78, 5) is 28.3. The molecule has 1 fully saturated rings. The molecule has 2 aromatic rings. The normalized spacial score (nSPS) is 15.8. The fourth-order valence-electron chi connectivity index (χ4n) is 3.50. The zero-order chi connectivity index (χ0) is 20.3. The standard InChI is InChI=1S/C22H30N2O4/c1-15(2)14-27-22(26)24-7-5-6-23(8-9-24)13-18-12-21(25)28-20-11-17(4)16(3)10-19(18)20/h10-12,15H,5-9,13-14H2,1-4H3. The molecule has 1 amide bonds. The number of carbonyl (C=O) groups excluding carboxylic acids is 1. The van der Waals surface area contributed by atoms with Gasteiger partial charge in [0, 0.05) is 44.2 Å². The lowest BCUT2D eigenvalue weighted by Crippen LogP contribution is -2.36. The van der Waals surface area contributed by atoms with Crippen molar-refractivity contribution in [1.29, 1.82) is 0 Å². The first-order chi connectivity index (χ1) is 13.3. The summed E-state index contributed by atoms with van der Waals surface area (Å²) in [6.07, 6.45) is 0.654. The highest BCUT2D eigenvalue weighted by Gasteiger charge is 2.21. The molecule has 6 nitrogen and oxygen atoms in total. The van der Waals surface area contributed by atoms with Crippen molar-refractivity contribution < 1.29 is 13.9 Å². The number of hydrogen-bond acceptors (Lipinski definition) is 5. The van der Waals surface area contributed by atoms with Crippen LogP contribution in [0.25, 0.3) is 11.0 Å². The molecule has 0 bridgehead atoms. The first kappa shape index (κ1) is 20.4. The Bertz CT molecular complexity index is 903. The predicted molar refractivity (Wildman–Crippen MR) is 110 cm³/mol. The molecular weight excluding hydrogens is 356 g/mol. The third-order valence-electron chi connectivity index (χ3n) is 5.23. The van der Waals surface area contributed by atoms with E-state index in [1.165, 1.54) is 5.56 Å². The number of rotatable bonds is 4. The second-order valence-electron chi connectivity index (χ2n) is 8.11. The average Bonchev–Trinajstić information content (AvgIpc) is 2.87. The summed E-state index contributed by atoms with van der Waals surface area (Å²) >= 11 is 0. The van der Waals surface area contributed by atoms with Crippen LogP contribution in [0.1, 0.15) is 37.0 Å². The van der Waals surface area contributed by atoms with Gasteiger partial charge in [-0.2, -0.15) is 0 Å². The zero-order valence-electron chi connectivity index (χ0n) is 17.3. The van der Waals surface area contributed by atoms with E-state index in [1.807, 2.05) is 26.8 Å². The first-order valence-corrected chi connectivity index (χ1v) is 10.0. The smallest absolute Gasteiger partial charge is 0.409 e. The summed E-state index contributed by atoms with van der Waals surface area (Å²) in [5.41, 5.74) is 3.58. The van der Waals surface area contributed by atoms with Crippen molar-refractivity contribution >= 4 is 17.1 Å². The van der Waals surface area contributed by atoms with E-state index in [0.29, 0.717) is 37.7 Å². The van der Waals surface area contributed by atoms with Gasteiger partial charge < -0.3 is 14.1 Å². The van der Waals surface area contributed by atoms with Gasteiger partial charge in [0.05, 0.1) is 6.61 Å². The number of aryl methyl sites for hydroxylation is 2. The lowest BCUT2D eigenvalue weighted by Gasteiger charge is -2.22. The molecular formula is C22H30N2O4. The van der Waals surface area contributed by atoms with E-state index in [9.17, 15) is 9.59 Å². The summed E-state index contributed by atoms with van der Waals surface area (Å²) in [5.74, 6) is 0.331. The summed E-state index contributed by atoms with van der Waals surface area (Å²) in [7, 11) is 0. The fraction of sp³-hybridized carbons (Fsp3) is 0.545. The van der Waals surface area contributed by atoms with E-state index < -0.39 is 0 Å². The van der Waals surface area contributed by atoms with Crippen molar-refractivity contribution in [2.75, 3.05) is 32.8 Å². The summed E-state index contributed by atoms with van der Waals surface area (Å²) in [6, 6.07) is 5.62. The quantitative estimate of drug-likeness (QED) is 0.750. The number of ether oxygens (including phenoxy) is 1. The highest BCUT2D eigenvalue weighted by Crippen LogP contribution is 2.23. The number of nitrogens with zero attached hydrogens (tertiary/aromatic N) is 2. The lowest BCUT2D eigenvalue weighted by atomic mass is 10.0. The highest BCUT2D eigenvalue weighted by atomic mass is 16.6. The number of carbonyl (C=O) groups is 1. The molecule has 0 N–H and O–H groups in total. The van der Waals surface area contributed by atoms with Crippen LogP contribution in [-0.4, -0.2) is 48.7 Å². The average molecular weight is 386 g/mol. The molecule has 0 atom stereocenters. The van der Waals surface area contributed by atoms with E-state index in [0.717, 1.165) is 36.0 Å². The van der Waals surface area contributed by atoms with Crippen LogP contribution in [0.15, 0.2) is 27.4 Å². The minimum Gasteiger partial charge on any atom is -0.449 e. The van der Waals surface area contributed by atoms with Gasteiger partial charge in [-0.25, -0.2) is 9.59 Å². The third-order valence-corrected chi connectivity index (χ3v) is 5.23. The van der Waals surface area contributed by atoms with Crippen molar-refractivity contribution in [3.63, 3.8) is 0 Å². The van der Waals surface area contributed by atoms with Gasteiger partial charge in [0.15, 0.2) is 0 Å². The summed E-state index contributed by atoms with van der Waals surface area (Å²) in [6.45, 7) is 12.2. The second kappa shape index (κ2) is 8.78. The Kier molecular flexibility index (Phi) is 6.39. The van der Waals surface area contributed by atoms with Gasteiger partial charge >= 0.3 is 11.7 Å². The van der Waals surface area contributed by atoms with Crippen LogP contribution in [0.5, 0.6) is 0 Å². The molecule has 0 spiro atoms. The molecule has 0 aliphatic carbocycles. The number of benzene rings is 1. The molecule has 1 aliphatic rings. The summed E-state index contributed by atoms with van der Waals surface area (Å²) < 4.78 is 10.8. The number of hydrogen-bond donors (Lipinski definition) is 0. The van der Waals surface area contributed by atoms with Gasteiger partial charge in [0.25, 0.3) is 0 Å². The van der Waals surface area contributed by atoms with E-state index in [4.69, 9.17) is 9.15 Å². The van der Waals surface area contributed by atoms with Crippen molar-refractivity contribution in [1.82, 2.24) is 9.80 Å². The van der Waals surface area contributed by atoms with Crippen LogP contribution in [0.4, 0.5) is 4.79 Å². The van der Waals surface area contributed by atoms with Crippen LogP contribution < -0.4 is 5.63 Å². The zero-order valence-corrected chi connectivity index (χ0v) is 17.3. The maximum atomic E-state index is 12.2. The van der Waals surface area contributed by atoms with Crippen LogP contribution >= 0.6 is 0 Å². The highest BCUT2D eigenvalue weighted by molar-refractivity contribution is 5.81. The third kappa shape index (κ3) is 4.93. The Morgan fingerprint density at radius 3 is 2.61 bits per heavy atom. The maximum Gasteiger partial charge on any atom is 0.409 e. The SMILES string of the molecule is Cc1cc2oc(=O)cc(CN3CCCN(C(=O)OCC(C)C)CC3)c2cc1C. The van der Waals surface area contributed by atoms with Gasteiger partial charge in [0.2, 0.25) is 0 Å². The van der Waals surface area contributed by atoms with Crippen molar-refractivity contribution in [2.45, 2.75) is 40.7 Å². The Balaban J connectivity index is 1.72. The Hall–Kier alpha value is -2.34. The van der Waals surface area contributed by atoms with Crippen molar-refractivity contribution in [2.24, 2.45) is 5.92 Å². The van der Waals surface area contributed by atoms with E-state index in [-0.39, 0.29) is 11.7 Å². The molecule has 152 valence electrons. The van der Waals surface area contributed by atoms with Gasteiger partial charge in [-0.15, -0.1) is 0 Å². The molecule has 1 aliphatic heterocycles. The molecule has 6 heteroatoms. The van der Waals surface area contributed by atoms with Gasteiger partial charge in [-0.1, -0.05) is 13.8 Å². The minimum absolute atomic E-state index is 0.229. The van der Waals surface area contributed by atoms with E-state index >= 15 is 0 Å². The Labute approximate surface area is 166 Å². The Morgan fingerprint density at radius 2 is 1.86 bits per heavy atom. The van der Waals surface area contributed by atoms with Crippen molar-refractivity contribution in [3.05, 3.63) is 45.3 Å². The molecule has 0 radical (unpaired) electrons. The predicted octanol–water partition coefficient (Wildman–Crippen LogP) is 3.71. The first-order valence-electron chi connectivity index (χ1n) is 10.0. The van der Waals surface area contributed by atoms with Gasteiger partial charge in [-0.3, -0.25) is 4.90 Å². The van der Waals surface area contributed by atoms with Crippen LogP contribution in [0.2, 0.25) is 0 Å². The molecule has 2 heterocycles. The molecule has 1 aromatic heterocycles. The van der Waals surface area contributed by atoms with Crippen LogP contribution in [0, 0.1) is 19.8 Å². The topological polar surface area (TPSA) is 63.0 Å². The number of fused-ring (bicyclic) bond motifs is 1. The van der Waals surface area contributed by atoms with Crippen LogP contribution in [0.3, 0.4) is 0 Å². The van der Waals surface area contributed by atoms with E-state index in [1.54, 1.807) is 11.0 Å². The van der Waals surface area contributed by atoms with E-state index in [2.05, 4.69) is 17.9 Å². The molecule has 1 saturated heterocycles. The molecule has 0 unspecified atom stereocenters. The fourth-order valence-corrected chi connectivity index (χ4v) is 3.50. The minimum atomic E-state index is -0.320. The van der Waals surface area contributed by atoms with Crippen LogP contribution in [-0.2, 0) is 11.3 Å². The Morgan fingerprint density at radius 1 is 1.11 bits per heavy atom. The van der Waals surface area contributed by atoms with Crippen molar-refractivity contribution in [3.8, 4) is 0 Å². The number of amides is 1.